The molecule has 3 aromatic rings. The molecule has 35 heavy (non-hydrogen) atoms. The number of carbonyl (C=O) groups is 1. The van der Waals surface area contributed by atoms with Crippen LogP contribution in [0.15, 0.2) is 53.3 Å². The SMILES string of the molecule is COCCn1c(-c2ccc(Cl)cc2)nn(CC(=O)NCC2(c3cccc(C)c3)CCOCC2)c1=O. The van der Waals surface area contributed by atoms with Gasteiger partial charge in [0, 0.05) is 42.9 Å². The molecule has 0 saturated carbocycles. The maximum Gasteiger partial charge on any atom is 0.346 e. The number of rotatable bonds is 9. The summed E-state index contributed by atoms with van der Waals surface area (Å²) in [6.07, 6.45) is 1.64. The van der Waals surface area contributed by atoms with E-state index in [-0.39, 0.29) is 23.6 Å². The molecule has 1 aliphatic rings. The average molecular weight is 499 g/mol. The largest absolute Gasteiger partial charge is 0.383 e. The van der Waals surface area contributed by atoms with E-state index >= 15 is 0 Å². The van der Waals surface area contributed by atoms with Gasteiger partial charge < -0.3 is 14.8 Å². The zero-order valence-electron chi connectivity index (χ0n) is 20.1. The minimum atomic E-state index is -0.360. The van der Waals surface area contributed by atoms with Crippen molar-refractivity contribution in [1.82, 2.24) is 19.7 Å². The van der Waals surface area contributed by atoms with Crippen LogP contribution in [0.3, 0.4) is 0 Å². The zero-order chi connectivity index (χ0) is 24.8. The molecule has 1 saturated heterocycles. The van der Waals surface area contributed by atoms with E-state index in [1.807, 2.05) is 6.07 Å². The topological polar surface area (TPSA) is 87.4 Å². The van der Waals surface area contributed by atoms with Crippen LogP contribution in [0.4, 0.5) is 0 Å². The zero-order valence-corrected chi connectivity index (χ0v) is 20.9. The lowest BCUT2D eigenvalue weighted by atomic mass is 9.73. The van der Waals surface area contributed by atoms with Crippen LogP contribution in [-0.4, -0.2) is 53.7 Å². The fourth-order valence-electron chi connectivity index (χ4n) is 4.50. The molecular weight excluding hydrogens is 468 g/mol. The number of hydrogen-bond donors (Lipinski definition) is 1. The van der Waals surface area contributed by atoms with Gasteiger partial charge in [-0.1, -0.05) is 41.4 Å². The van der Waals surface area contributed by atoms with Crippen LogP contribution >= 0.6 is 11.6 Å². The molecule has 0 aliphatic carbocycles. The second-order valence-electron chi connectivity index (χ2n) is 8.95. The summed E-state index contributed by atoms with van der Waals surface area (Å²) < 4.78 is 13.5. The Morgan fingerprint density at radius 2 is 1.94 bits per heavy atom. The first-order chi connectivity index (χ1) is 16.9. The summed E-state index contributed by atoms with van der Waals surface area (Å²) in [5.41, 5.74) is 2.57. The fraction of sp³-hybridized carbons (Fsp3) is 0.423. The number of aromatic nitrogens is 3. The van der Waals surface area contributed by atoms with Crippen molar-refractivity contribution in [2.24, 2.45) is 0 Å². The Labute approximate surface area is 209 Å². The normalized spacial score (nSPS) is 15.2. The molecule has 186 valence electrons. The number of ether oxygens (including phenoxy) is 2. The predicted molar refractivity (Wildman–Crippen MR) is 135 cm³/mol. The lowest BCUT2D eigenvalue weighted by molar-refractivity contribution is -0.122. The standard InChI is InChI=1S/C26H31ClN4O4/c1-19-4-3-5-21(16-19)26(10-13-35-14-11-26)18-28-23(32)17-31-25(33)30(12-15-34-2)24(29-31)20-6-8-22(27)9-7-20/h3-9,16H,10-15,17-18H2,1-2H3,(H,28,32). The van der Waals surface area contributed by atoms with Crippen molar-refractivity contribution < 1.29 is 14.3 Å². The summed E-state index contributed by atoms with van der Waals surface area (Å²) in [7, 11) is 1.57. The van der Waals surface area contributed by atoms with Crippen LogP contribution in [-0.2, 0) is 32.8 Å². The molecule has 2 heterocycles. The Morgan fingerprint density at radius 1 is 1.20 bits per heavy atom. The van der Waals surface area contributed by atoms with E-state index in [2.05, 4.69) is 35.5 Å². The van der Waals surface area contributed by atoms with Crippen molar-refractivity contribution in [1.29, 1.82) is 0 Å². The van der Waals surface area contributed by atoms with Gasteiger partial charge in [-0.2, -0.15) is 0 Å². The molecule has 0 unspecified atom stereocenters. The van der Waals surface area contributed by atoms with Gasteiger partial charge in [0.15, 0.2) is 5.82 Å². The highest BCUT2D eigenvalue weighted by Crippen LogP contribution is 2.34. The fourth-order valence-corrected chi connectivity index (χ4v) is 4.63. The Kier molecular flexibility index (Phi) is 8.05. The first kappa shape index (κ1) is 25.2. The third-order valence-electron chi connectivity index (χ3n) is 6.54. The van der Waals surface area contributed by atoms with Gasteiger partial charge in [-0.25, -0.2) is 9.48 Å². The maximum atomic E-state index is 13.1. The molecular formula is C26H31ClN4O4. The summed E-state index contributed by atoms with van der Waals surface area (Å²) in [5, 5.41) is 8.12. The molecule has 0 radical (unpaired) electrons. The highest BCUT2D eigenvalue weighted by atomic mass is 35.5. The van der Waals surface area contributed by atoms with Crippen molar-refractivity contribution in [3.05, 3.63) is 75.2 Å². The van der Waals surface area contributed by atoms with E-state index in [9.17, 15) is 9.59 Å². The third kappa shape index (κ3) is 5.83. The second kappa shape index (κ2) is 11.2. The summed E-state index contributed by atoms with van der Waals surface area (Å²) >= 11 is 6.02. The summed E-state index contributed by atoms with van der Waals surface area (Å²) in [6, 6.07) is 15.5. The van der Waals surface area contributed by atoms with Crippen LogP contribution in [0.1, 0.15) is 24.0 Å². The van der Waals surface area contributed by atoms with Crippen LogP contribution in [0.25, 0.3) is 11.4 Å². The van der Waals surface area contributed by atoms with Crippen LogP contribution in [0.2, 0.25) is 5.02 Å². The smallest absolute Gasteiger partial charge is 0.346 e. The Morgan fingerprint density at radius 3 is 2.63 bits per heavy atom. The van der Waals surface area contributed by atoms with Crippen molar-refractivity contribution in [2.45, 2.75) is 38.3 Å². The summed E-state index contributed by atoms with van der Waals surface area (Å²) in [5.74, 6) is 0.210. The number of methoxy groups -OCH3 is 1. The summed E-state index contributed by atoms with van der Waals surface area (Å²) in [6.45, 7) is 4.35. The number of nitrogens with one attached hydrogen (secondary N) is 1. The molecule has 9 heteroatoms. The van der Waals surface area contributed by atoms with Gasteiger partial charge in [-0.15, -0.1) is 5.10 Å². The number of hydrogen-bond acceptors (Lipinski definition) is 5. The predicted octanol–water partition coefficient (Wildman–Crippen LogP) is 3.18. The molecule has 0 atom stereocenters. The minimum absolute atomic E-state index is 0.167. The van der Waals surface area contributed by atoms with E-state index in [0.29, 0.717) is 43.8 Å². The number of amides is 1. The van der Waals surface area contributed by atoms with Crippen LogP contribution in [0, 0.1) is 6.92 Å². The first-order valence-corrected chi connectivity index (χ1v) is 12.1. The van der Waals surface area contributed by atoms with Crippen molar-refractivity contribution >= 4 is 17.5 Å². The summed E-state index contributed by atoms with van der Waals surface area (Å²) in [4.78, 5) is 26.1. The lowest BCUT2D eigenvalue weighted by Gasteiger charge is -2.38. The maximum absolute atomic E-state index is 13.1. The second-order valence-corrected chi connectivity index (χ2v) is 9.39. The lowest BCUT2D eigenvalue weighted by Crippen LogP contribution is -2.46. The van der Waals surface area contributed by atoms with E-state index in [1.165, 1.54) is 20.4 Å². The van der Waals surface area contributed by atoms with Crippen molar-refractivity contribution in [3.8, 4) is 11.4 Å². The minimum Gasteiger partial charge on any atom is -0.383 e. The van der Waals surface area contributed by atoms with Gasteiger partial charge in [-0.3, -0.25) is 9.36 Å². The van der Waals surface area contributed by atoms with E-state index in [1.54, 1.807) is 31.4 Å². The van der Waals surface area contributed by atoms with Gasteiger partial charge in [0.2, 0.25) is 5.91 Å². The van der Waals surface area contributed by atoms with Gasteiger partial charge in [-0.05, 0) is 49.6 Å². The highest BCUT2D eigenvalue weighted by molar-refractivity contribution is 6.30. The van der Waals surface area contributed by atoms with E-state index in [4.69, 9.17) is 21.1 Å². The molecule has 0 bridgehead atoms. The van der Waals surface area contributed by atoms with Gasteiger partial charge in [0.05, 0.1) is 13.2 Å². The highest BCUT2D eigenvalue weighted by Gasteiger charge is 2.35. The number of benzene rings is 2. The van der Waals surface area contributed by atoms with Crippen LogP contribution < -0.4 is 11.0 Å². The number of halogens is 1. The molecule has 2 aromatic carbocycles. The van der Waals surface area contributed by atoms with Crippen LogP contribution in [0.5, 0.6) is 0 Å². The quantitative estimate of drug-likeness (QED) is 0.489. The molecule has 1 aliphatic heterocycles. The van der Waals surface area contributed by atoms with E-state index in [0.717, 1.165) is 18.4 Å². The van der Waals surface area contributed by atoms with Crippen molar-refractivity contribution in [3.63, 3.8) is 0 Å². The Balaban J connectivity index is 1.53. The number of nitrogens with zero attached hydrogens (tertiary/aromatic N) is 3. The molecule has 1 aromatic heterocycles. The monoisotopic (exact) mass is 498 g/mol. The molecule has 1 amide bonds. The molecule has 4 rings (SSSR count). The first-order valence-electron chi connectivity index (χ1n) is 11.8. The third-order valence-corrected chi connectivity index (χ3v) is 6.79. The van der Waals surface area contributed by atoms with Gasteiger partial charge in [0.25, 0.3) is 0 Å². The Hall–Kier alpha value is -2.94. The number of carbonyl (C=O) groups excluding carboxylic acids is 1. The molecule has 1 N–H and O–H groups in total. The molecule has 1 fully saturated rings. The average Bonchev–Trinajstić information content (AvgIpc) is 3.17. The Bertz CT molecular complexity index is 1210. The molecule has 8 nitrogen and oxygen atoms in total. The number of aryl methyl sites for hydroxylation is 1. The molecule has 0 spiro atoms. The van der Waals surface area contributed by atoms with Crippen molar-refractivity contribution in [2.75, 3.05) is 33.5 Å². The van der Waals surface area contributed by atoms with Gasteiger partial charge in [0.1, 0.15) is 6.54 Å². The van der Waals surface area contributed by atoms with Gasteiger partial charge >= 0.3 is 5.69 Å². The van der Waals surface area contributed by atoms with E-state index < -0.39 is 0 Å².